The lowest BCUT2D eigenvalue weighted by Crippen LogP contribution is -2.52. The number of hydrogen-bond donors (Lipinski definition) is 1. The molecule has 7 nitrogen and oxygen atoms in total. The predicted molar refractivity (Wildman–Crippen MR) is 113 cm³/mol. The number of anilines is 1. The second-order valence-corrected chi connectivity index (χ2v) is 7.24. The normalized spacial score (nSPS) is 14.1. The molecule has 0 atom stereocenters. The van der Waals surface area contributed by atoms with Crippen LogP contribution in [-0.2, 0) is 6.54 Å². The van der Waals surface area contributed by atoms with E-state index in [1.807, 2.05) is 65.0 Å². The van der Waals surface area contributed by atoms with Crippen LogP contribution in [0.2, 0.25) is 0 Å². The molecule has 1 aliphatic heterocycles. The predicted octanol–water partition coefficient (Wildman–Crippen LogP) is 2.92. The number of pyridine rings is 1. The van der Waals surface area contributed by atoms with Crippen LogP contribution in [0.15, 0.2) is 54.7 Å². The van der Waals surface area contributed by atoms with Crippen LogP contribution in [0.5, 0.6) is 0 Å². The van der Waals surface area contributed by atoms with Crippen molar-refractivity contribution in [3.05, 3.63) is 71.7 Å². The van der Waals surface area contributed by atoms with Crippen molar-refractivity contribution in [3.63, 3.8) is 0 Å². The van der Waals surface area contributed by atoms with Crippen LogP contribution in [0.1, 0.15) is 17.0 Å². The summed E-state index contributed by atoms with van der Waals surface area (Å²) in [7, 11) is 0. The third kappa shape index (κ3) is 4.08. The summed E-state index contributed by atoms with van der Waals surface area (Å²) < 4.78 is 1.89. The zero-order chi connectivity index (χ0) is 20.2. The summed E-state index contributed by atoms with van der Waals surface area (Å²) in [6, 6.07) is 15.8. The van der Waals surface area contributed by atoms with Crippen molar-refractivity contribution in [2.75, 3.05) is 31.1 Å². The standard InChI is InChI=1S/C22H26N6O/c1-17-21(18(2)28(25-17)20-10-6-7-11-23-20)26-12-14-27(15-13-26)22(29)24-16-19-8-4-3-5-9-19/h3-11H,12-16H2,1-2H3,(H,24,29). The van der Waals surface area contributed by atoms with Crippen LogP contribution in [0.4, 0.5) is 10.5 Å². The summed E-state index contributed by atoms with van der Waals surface area (Å²) in [5.74, 6) is 0.818. The Labute approximate surface area is 171 Å². The first-order valence-electron chi connectivity index (χ1n) is 9.93. The van der Waals surface area contributed by atoms with Crippen molar-refractivity contribution in [3.8, 4) is 5.82 Å². The van der Waals surface area contributed by atoms with Gasteiger partial charge in [-0.3, -0.25) is 0 Å². The van der Waals surface area contributed by atoms with Crippen molar-refractivity contribution in [2.45, 2.75) is 20.4 Å². The molecule has 0 unspecified atom stereocenters. The van der Waals surface area contributed by atoms with Crippen molar-refractivity contribution >= 4 is 11.7 Å². The van der Waals surface area contributed by atoms with E-state index in [9.17, 15) is 4.79 Å². The molecular weight excluding hydrogens is 364 g/mol. The SMILES string of the molecule is Cc1nn(-c2ccccn2)c(C)c1N1CCN(C(=O)NCc2ccccc2)CC1. The van der Waals surface area contributed by atoms with E-state index in [1.54, 1.807) is 6.20 Å². The third-order valence-electron chi connectivity index (χ3n) is 5.29. The molecule has 29 heavy (non-hydrogen) atoms. The maximum atomic E-state index is 12.5. The lowest BCUT2D eigenvalue weighted by molar-refractivity contribution is 0.194. The third-order valence-corrected chi connectivity index (χ3v) is 5.29. The van der Waals surface area contributed by atoms with Crippen molar-refractivity contribution in [2.24, 2.45) is 0 Å². The van der Waals surface area contributed by atoms with Gasteiger partial charge in [0.2, 0.25) is 0 Å². The number of urea groups is 1. The minimum Gasteiger partial charge on any atom is -0.365 e. The van der Waals surface area contributed by atoms with Gasteiger partial charge in [-0.1, -0.05) is 36.4 Å². The number of amides is 2. The molecule has 3 aromatic rings. The Balaban J connectivity index is 1.38. The van der Waals surface area contributed by atoms with Gasteiger partial charge in [0.05, 0.1) is 17.1 Å². The number of nitrogens with one attached hydrogen (secondary N) is 1. The molecule has 0 radical (unpaired) electrons. The molecule has 1 aromatic carbocycles. The van der Waals surface area contributed by atoms with E-state index in [0.29, 0.717) is 19.6 Å². The monoisotopic (exact) mass is 390 g/mol. The number of aryl methyl sites for hydroxylation is 1. The molecular formula is C22H26N6O. The number of hydrogen-bond acceptors (Lipinski definition) is 4. The fraction of sp³-hybridized carbons (Fsp3) is 0.318. The van der Waals surface area contributed by atoms with Gasteiger partial charge in [-0.2, -0.15) is 5.10 Å². The largest absolute Gasteiger partial charge is 0.365 e. The molecule has 0 spiro atoms. The molecule has 2 aromatic heterocycles. The fourth-order valence-corrected chi connectivity index (χ4v) is 3.81. The summed E-state index contributed by atoms with van der Waals surface area (Å²) in [6.45, 7) is 7.60. The Morgan fingerprint density at radius 2 is 1.72 bits per heavy atom. The van der Waals surface area contributed by atoms with Crippen LogP contribution in [-0.4, -0.2) is 51.9 Å². The maximum absolute atomic E-state index is 12.5. The Morgan fingerprint density at radius 1 is 1.00 bits per heavy atom. The van der Waals surface area contributed by atoms with E-state index >= 15 is 0 Å². The van der Waals surface area contributed by atoms with E-state index in [-0.39, 0.29) is 6.03 Å². The molecule has 1 saturated heterocycles. The van der Waals surface area contributed by atoms with Gasteiger partial charge in [0.15, 0.2) is 5.82 Å². The average Bonchev–Trinajstić information content (AvgIpc) is 3.07. The summed E-state index contributed by atoms with van der Waals surface area (Å²) in [4.78, 5) is 21.1. The number of piperazine rings is 1. The molecule has 150 valence electrons. The second kappa shape index (κ2) is 8.34. The second-order valence-electron chi connectivity index (χ2n) is 7.24. The first kappa shape index (κ1) is 19.0. The Bertz CT molecular complexity index is 962. The molecule has 2 amide bonds. The number of benzene rings is 1. The number of rotatable bonds is 4. The van der Waals surface area contributed by atoms with Gasteiger partial charge in [-0.05, 0) is 31.5 Å². The lowest BCUT2D eigenvalue weighted by Gasteiger charge is -2.36. The quantitative estimate of drug-likeness (QED) is 0.744. The first-order valence-corrected chi connectivity index (χ1v) is 9.93. The Morgan fingerprint density at radius 3 is 2.41 bits per heavy atom. The molecule has 1 fully saturated rings. The van der Waals surface area contributed by atoms with Gasteiger partial charge in [-0.15, -0.1) is 0 Å². The molecule has 0 aliphatic carbocycles. The van der Waals surface area contributed by atoms with Crippen molar-refractivity contribution in [1.82, 2.24) is 25.0 Å². The zero-order valence-electron chi connectivity index (χ0n) is 16.9. The van der Waals surface area contributed by atoms with Gasteiger partial charge < -0.3 is 15.1 Å². The molecule has 1 aliphatic rings. The van der Waals surface area contributed by atoms with Gasteiger partial charge in [0, 0.05) is 38.9 Å². The number of nitrogens with zero attached hydrogens (tertiary/aromatic N) is 5. The minimum atomic E-state index is -0.00822. The molecule has 7 heteroatoms. The van der Waals surface area contributed by atoms with Crippen molar-refractivity contribution < 1.29 is 4.79 Å². The number of carbonyl (C=O) groups is 1. The van der Waals surface area contributed by atoms with Crippen LogP contribution >= 0.6 is 0 Å². The zero-order valence-corrected chi connectivity index (χ0v) is 16.9. The summed E-state index contributed by atoms with van der Waals surface area (Å²) >= 11 is 0. The summed E-state index contributed by atoms with van der Waals surface area (Å²) in [5, 5.41) is 7.71. The fourth-order valence-electron chi connectivity index (χ4n) is 3.81. The van der Waals surface area contributed by atoms with Gasteiger partial charge >= 0.3 is 6.03 Å². The minimum absolute atomic E-state index is 0.00822. The highest BCUT2D eigenvalue weighted by Crippen LogP contribution is 2.27. The van der Waals surface area contributed by atoms with E-state index in [4.69, 9.17) is 5.10 Å². The molecule has 0 bridgehead atoms. The molecule has 1 N–H and O–H groups in total. The number of carbonyl (C=O) groups excluding carboxylic acids is 1. The van der Waals surface area contributed by atoms with Crippen molar-refractivity contribution in [1.29, 1.82) is 0 Å². The van der Waals surface area contributed by atoms with Crippen LogP contribution in [0, 0.1) is 13.8 Å². The number of aromatic nitrogens is 3. The van der Waals surface area contributed by atoms with E-state index in [0.717, 1.165) is 41.5 Å². The highest BCUT2D eigenvalue weighted by atomic mass is 16.2. The first-order chi connectivity index (χ1) is 14.1. The van der Waals surface area contributed by atoms with Crippen LogP contribution < -0.4 is 10.2 Å². The molecule has 0 saturated carbocycles. The Kier molecular flexibility index (Phi) is 5.46. The van der Waals surface area contributed by atoms with E-state index < -0.39 is 0 Å². The lowest BCUT2D eigenvalue weighted by atomic mass is 10.2. The molecule has 3 heterocycles. The van der Waals surface area contributed by atoms with Gasteiger partial charge in [0.25, 0.3) is 0 Å². The smallest absolute Gasteiger partial charge is 0.317 e. The highest BCUT2D eigenvalue weighted by molar-refractivity contribution is 5.74. The van der Waals surface area contributed by atoms with Gasteiger partial charge in [0.1, 0.15) is 0 Å². The van der Waals surface area contributed by atoms with Crippen LogP contribution in [0.25, 0.3) is 5.82 Å². The topological polar surface area (TPSA) is 66.3 Å². The molecule has 4 rings (SSSR count). The Hall–Kier alpha value is -3.35. The van der Waals surface area contributed by atoms with Crippen LogP contribution in [0.3, 0.4) is 0 Å². The van der Waals surface area contributed by atoms with Gasteiger partial charge in [-0.25, -0.2) is 14.5 Å². The highest BCUT2D eigenvalue weighted by Gasteiger charge is 2.25. The summed E-state index contributed by atoms with van der Waals surface area (Å²) in [5.41, 5.74) is 4.30. The van der Waals surface area contributed by atoms with E-state index in [2.05, 4.69) is 22.1 Å². The average molecular weight is 390 g/mol. The summed E-state index contributed by atoms with van der Waals surface area (Å²) in [6.07, 6.45) is 1.78. The van der Waals surface area contributed by atoms with E-state index in [1.165, 1.54) is 0 Å². The maximum Gasteiger partial charge on any atom is 0.317 e.